The highest BCUT2D eigenvalue weighted by Gasteiger charge is 2.09. The van der Waals surface area contributed by atoms with E-state index in [0.717, 1.165) is 0 Å². The minimum absolute atomic E-state index is 0.152. The molecule has 0 radical (unpaired) electrons. The van der Waals surface area contributed by atoms with Crippen LogP contribution in [0.2, 0.25) is 0 Å². The van der Waals surface area contributed by atoms with Gasteiger partial charge in [0.05, 0.1) is 17.1 Å². The van der Waals surface area contributed by atoms with Gasteiger partial charge in [-0.3, -0.25) is 9.36 Å². The quantitative estimate of drug-likeness (QED) is 0.388. The van der Waals surface area contributed by atoms with Crippen LogP contribution >= 0.6 is 0 Å². The lowest BCUT2D eigenvalue weighted by molar-refractivity contribution is 0.403. The Morgan fingerprint density at radius 2 is 2.00 bits per heavy atom. The van der Waals surface area contributed by atoms with E-state index in [4.69, 9.17) is 0 Å². The monoisotopic (exact) mass is 324 g/mol. The summed E-state index contributed by atoms with van der Waals surface area (Å²) >= 11 is 0. The SMILES string of the molecule is CCn1c(N/N=C/c2cccc(O)c2O)nc2ccccc2c1=O. The zero-order valence-electron chi connectivity index (χ0n) is 13.0. The highest BCUT2D eigenvalue weighted by Crippen LogP contribution is 2.26. The Hall–Kier alpha value is -3.35. The van der Waals surface area contributed by atoms with Gasteiger partial charge in [-0.2, -0.15) is 5.10 Å². The minimum Gasteiger partial charge on any atom is -0.504 e. The van der Waals surface area contributed by atoms with Crippen molar-refractivity contribution in [1.29, 1.82) is 0 Å². The standard InChI is InChI=1S/C17H16N4O3/c1-2-21-16(24)12-7-3-4-8-13(12)19-17(21)20-18-10-11-6-5-9-14(22)15(11)23/h3-10,22-23H,2H2,1H3,(H,19,20)/b18-10+. The topological polar surface area (TPSA) is 99.7 Å². The number of rotatable bonds is 4. The van der Waals surface area contributed by atoms with Gasteiger partial charge in [0.1, 0.15) is 0 Å². The third-order valence-electron chi connectivity index (χ3n) is 3.59. The lowest BCUT2D eigenvalue weighted by Gasteiger charge is -2.10. The third kappa shape index (κ3) is 2.79. The van der Waals surface area contributed by atoms with Crippen LogP contribution in [0.25, 0.3) is 10.9 Å². The van der Waals surface area contributed by atoms with Crippen LogP contribution in [0.4, 0.5) is 5.95 Å². The Morgan fingerprint density at radius 3 is 2.79 bits per heavy atom. The summed E-state index contributed by atoms with van der Waals surface area (Å²) in [5, 5.41) is 23.7. The van der Waals surface area contributed by atoms with Crippen molar-refractivity contribution in [1.82, 2.24) is 9.55 Å². The van der Waals surface area contributed by atoms with Gasteiger partial charge in [0, 0.05) is 12.1 Å². The van der Waals surface area contributed by atoms with Crippen LogP contribution in [0.3, 0.4) is 0 Å². The van der Waals surface area contributed by atoms with E-state index in [1.807, 2.05) is 13.0 Å². The number of hydrogen-bond donors (Lipinski definition) is 3. The maximum absolute atomic E-state index is 12.5. The maximum atomic E-state index is 12.5. The number of hydrogen-bond acceptors (Lipinski definition) is 6. The first-order valence-corrected chi connectivity index (χ1v) is 7.41. The summed E-state index contributed by atoms with van der Waals surface area (Å²) in [5.41, 5.74) is 3.48. The molecule has 0 unspecified atom stereocenters. The number of phenolic OH excluding ortho intramolecular Hbond substituents is 2. The van der Waals surface area contributed by atoms with Gasteiger partial charge < -0.3 is 10.2 Å². The van der Waals surface area contributed by atoms with E-state index in [9.17, 15) is 15.0 Å². The predicted octanol–water partition coefficient (Wildman–Crippen LogP) is 2.27. The van der Waals surface area contributed by atoms with Gasteiger partial charge >= 0.3 is 0 Å². The number of phenols is 2. The van der Waals surface area contributed by atoms with E-state index in [-0.39, 0.29) is 17.1 Å². The Kier molecular flexibility index (Phi) is 4.15. The molecule has 0 aliphatic rings. The van der Waals surface area contributed by atoms with Gasteiger partial charge in [-0.05, 0) is 31.2 Å². The summed E-state index contributed by atoms with van der Waals surface area (Å²) in [7, 11) is 0. The van der Waals surface area contributed by atoms with E-state index in [2.05, 4.69) is 15.5 Å². The van der Waals surface area contributed by atoms with Gasteiger partial charge in [-0.25, -0.2) is 10.4 Å². The number of anilines is 1. The van der Waals surface area contributed by atoms with Gasteiger partial charge in [0.25, 0.3) is 5.56 Å². The summed E-state index contributed by atoms with van der Waals surface area (Å²) < 4.78 is 1.47. The molecule has 1 heterocycles. The van der Waals surface area contributed by atoms with E-state index < -0.39 is 0 Å². The minimum atomic E-state index is -0.262. The average Bonchev–Trinajstić information content (AvgIpc) is 2.59. The lowest BCUT2D eigenvalue weighted by atomic mass is 10.2. The second kappa shape index (κ2) is 6.41. The molecule has 0 bridgehead atoms. The van der Waals surface area contributed by atoms with Gasteiger partial charge in [-0.15, -0.1) is 0 Å². The third-order valence-corrected chi connectivity index (χ3v) is 3.59. The zero-order chi connectivity index (χ0) is 17.1. The molecule has 0 saturated carbocycles. The molecule has 24 heavy (non-hydrogen) atoms. The molecular weight excluding hydrogens is 308 g/mol. The number of nitrogens with one attached hydrogen (secondary N) is 1. The number of para-hydroxylation sites is 2. The lowest BCUT2D eigenvalue weighted by Crippen LogP contribution is -2.23. The summed E-state index contributed by atoms with van der Waals surface area (Å²) in [6.07, 6.45) is 1.34. The fraction of sp³-hybridized carbons (Fsp3) is 0.118. The van der Waals surface area contributed by atoms with Crippen molar-refractivity contribution >= 4 is 23.1 Å². The number of aromatic nitrogens is 2. The molecule has 0 spiro atoms. The molecule has 3 rings (SSSR count). The van der Waals surface area contributed by atoms with Crippen LogP contribution in [0.5, 0.6) is 11.5 Å². The molecule has 0 aliphatic carbocycles. The molecule has 0 aliphatic heterocycles. The number of fused-ring (bicyclic) bond motifs is 1. The normalized spacial score (nSPS) is 11.2. The van der Waals surface area contributed by atoms with Gasteiger partial charge in [-0.1, -0.05) is 18.2 Å². The molecule has 122 valence electrons. The number of hydrazone groups is 1. The fourth-order valence-corrected chi connectivity index (χ4v) is 2.36. The summed E-state index contributed by atoms with van der Waals surface area (Å²) in [5.74, 6) is -0.187. The second-order valence-corrected chi connectivity index (χ2v) is 5.09. The van der Waals surface area contributed by atoms with E-state index in [1.165, 1.54) is 16.8 Å². The van der Waals surface area contributed by atoms with Crippen LogP contribution in [0.1, 0.15) is 12.5 Å². The molecule has 7 nitrogen and oxygen atoms in total. The van der Waals surface area contributed by atoms with Crippen molar-refractivity contribution in [2.24, 2.45) is 5.10 Å². The molecule has 0 saturated heterocycles. The molecule has 0 fully saturated rings. The van der Waals surface area contributed by atoms with Gasteiger partial charge in [0.15, 0.2) is 11.5 Å². The van der Waals surface area contributed by atoms with Crippen molar-refractivity contribution in [3.63, 3.8) is 0 Å². The molecule has 3 aromatic rings. The van der Waals surface area contributed by atoms with Crippen LogP contribution in [0, 0.1) is 0 Å². The van der Waals surface area contributed by atoms with Gasteiger partial charge in [0.2, 0.25) is 5.95 Å². The van der Waals surface area contributed by atoms with Crippen LogP contribution in [-0.4, -0.2) is 26.0 Å². The van der Waals surface area contributed by atoms with Crippen molar-refractivity contribution < 1.29 is 10.2 Å². The molecule has 3 N–H and O–H groups in total. The molecule has 1 aromatic heterocycles. The Balaban J connectivity index is 1.96. The average molecular weight is 324 g/mol. The summed E-state index contributed by atoms with van der Waals surface area (Å²) in [6, 6.07) is 11.7. The van der Waals surface area contributed by atoms with Crippen molar-refractivity contribution in [3.8, 4) is 11.5 Å². The number of aromatic hydroxyl groups is 2. The smallest absolute Gasteiger partial charge is 0.262 e. The first-order valence-electron chi connectivity index (χ1n) is 7.41. The largest absolute Gasteiger partial charge is 0.504 e. The fourth-order valence-electron chi connectivity index (χ4n) is 2.36. The predicted molar refractivity (Wildman–Crippen MR) is 92.7 cm³/mol. The molecule has 0 amide bonds. The van der Waals surface area contributed by atoms with Crippen LogP contribution in [0.15, 0.2) is 52.4 Å². The second-order valence-electron chi connectivity index (χ2n) is 5.09. The Morgan fingerprint density at radius 1 is 1.21 bits per heavy atom. The van der Waals surface area contributed by atoms with E-state index in [0.29, 0.717) is 29.0 Å². The number of nitrogens with zero attached hydrogens (tertiary/aromatic N) is 3. The summed E-state index contributed by atoms with van der Waals surface area (Å²) in [6.45, 7) is 2.28. The van der Waals surface area contributed by atoms with Crippen molar-refractivity contribution in [3.05, 3.63) is 58.4 Å². The first-order chi connectivity index (χ1) is 11.6. The van der Waals surface area contributed by atoms with Crippen molar-refractivity contribution in [2.75, 3.05) is 5.43 Å². The molecule has 7 heteroatoms. The number of benzene rings is 2. The van der Waals surface area contributed by atoms with Crippen LogP contribution < -0.4 is 11.0 Å². The summed E-state index contributed by atoms with van der Waals surface area (Å²) in [4.78, 5) is 16.9. The highest BCUT2D eigenvalue weighted by atomic mass is 16.3. The van der Waals surface area contributed by atoms with Crippen LogP contribution in [-0.2, 0) is 6.54 Å². The van der Waals surface area contributed by atoms with Crippen molar-refractivity contribution in [2.45, 2.75) is 13.5 Å². The molecule has 0 atom stereocenters. The Labute approximate surface area is 137 Å². The molecule has 2 aromatic carbocycles. The van der Waals surface area contributed by atoms with E-state index >= 15 is 0 Å². The maximum Gasteiger partial charge on any atom is 0.262 e. The van der Waals surface area contributed by atoms with E-state index in [1.54, 1.807) is 30.3 Å². The Bertz CT molecular complexity index is 979. The first kappa shape index (κ1) is 15.5. The molecular formula is C17H16N4O3. The zero-order valence-corrected chi connectivity index (χ0v) is 13.0. The highest BCUT2D eigenvalue weighted by molar-refractivity contribution is 5.85.